The molecule has 1 nitrogen and oxygen atoms in total. The lowest BCUT2D eigenvalue weighted by Gasteiger charge is -2.13. The Morgan fingerprint density at radius 2 is 1.47 bits per heavy atom. The number of nitrogens with two attached hydrogens (primary N) is 1. The minimum absolute atomic E-state index is 0.196. The molecular formula is C13H10BrCl2N. The van der Waals surface area contributed by atoms with Crippen molar-refractivity contribution in [3.8, 4) is 0 Å². The summed E-state index contributed by atoms with van der Waals surface area (Å²) in [6, 6.07) is 13.2. The van der Waals surface area contributed by atoms with Gasteiger partial charge in [0.05, 0.1) is 16.1 Å². The zero-order valence-electron chi connectivity index (χ0n) is 8.83. The third-order valence-corrected chi connectivity index (χ3v) is 3.80. The third kappa shape index (κ3) is 3.02. The number of benzene rings is 2. The van der Waals surface area contributed by atoms with Gasteiger partial charge >= 0.3 is 0 Å². The molecular weight excluding hydrogens is 321 g/mol. The van der Waals surface area contributed by atoms with Crippen LogP contribution in [0.5, 0.6) is 0 Å². The molecule has 0 aromatic heterocycles. The molecule has 17 heavy (non-hydrogen) atoms. The summed E-state index contributed by atoms with van der Waals surface area (Å²) in [6.07, 6.45) is 0. The Morgan fingerprint density at radius 1 is 0.882 bits per heavy atom. The molecule has 0 heterocycles. The van der Waals surface area contributed by atoms with E-state index < -0.39 is 0 Å². The smallest absolute Gasteiger partial charge is 0.0595 e. The maximum atomic E-state index is 6.17. The molecule has 1 atom stereocenters. The molecule has 88 valence electrons. The monoisotopic (exact) mass is 329 g/mol. The highest BCUT2D eigenvalue weighted by molar-refractivity contribution is 9.10. The largest absolute Gasteiger partial charge is 0.320 e. The van der Waals surface area contributed by atoms with Crippen molar-refractivity contribution in [2.45, 2.75) is 6.04 Å². The second-order valence-electron chi connectivity index (χ2n) is 3.70. The molecule has 0 bridgehead atoms. The van der Waals surface area contributed by atoms with Gasteiger partial charge in [-0.25, -0.2) is 0 Å². The molecule has 0 aliphatic heterocycles. The van der Waals surface area contributed by atoms with Crippen molar-refractivity contribution >= 4 is 39.1 Å². The van der Waals surface area contributed by atoms with Crippen molar-refractivity contribution in [3.63, 3.8) is 0 Å². The lowest BCUT2D eigenvalue weighted by Crippen LogP contribution is -2.11. The van der Waals surface area contributed by atoms with E-state index in [4.69, 9.17) is 28.9 Å². The number of hydrogen-bond acceptors (Lipinski definition) is 1. The number of rotatable bonds is 2. The summed E-state index contributed by atoms with van der Waals surface area (Å²) >= 11 is 15.2. The summed E-state index contributed by atoms with van der Waals surface area (Å²) in [6.45, 7) is 0. The maximum Gasteiger partial charge on any atom is 0.0595 e. The Kier molecular flexibility index (Phi) is 4.10. The van der Waals surface area contributed by atoms with Crippen molar-refractivity contribution in [2.24, 2.45) is 5.73 Å². The van der Waals surface area contributed by atoms with Gasteiger partial charge in [-0.05, 0) is 35.4 Å². The molecule has 0 aliphatic rings. The molecule has 2 N–H and O–H groups in total. The summed E-state index contributed by atoms with van der Waals surface area (Å²) in [5.74, 6) is 0. The molecule has 0 amide bonds. The summed E-state index contributed by atoms with van der Waals surface area (Å²) in [4.78, 5) is 0. The highest BCUT2D eigenvalue weighted by Crippen LogP contribution is 2.28. The van der Waals surface area contributed by atoms with Gasteiger partial charge in [0.2, 0.25) is 0 Å². The number of halogens is 3. The van der Waals surface area contributed by atoms with Crippen LogP contribution in [0.3, 0.4) is 0 Å². The molecule has 1 unspecified atom stereocenters. The van der Waals surface area contributed by atoms with Crippen molar-refractivity contribution in [1.29, 1.82) is 0 Å². The molecule has 0 fully saturated rings. The molecule has 0 saturated heterocycles. The van der Waals surface area contributed by atoms with Gasteiger partial charge in [-0.3, -0.25) is 0 Å². The van der Waals surface area contributed by atoms with Crippen LogP contribution in [0.15, 0.2) is 46.9 Å². The normalized spacial score (nSPS) is 12.5. The molecule has 0 radical (unpaired) electrons. The van der Waals surface area contributed by atoms with E-state index in [0.29, 0.717) is 10.0 Å². The van der Waals surface area contributed by atoms with E-state index in [9.17, 15) is 0 Å². The lowest BCUT2D eigenvalue weighted by atomic mass is 10.00. The Bertz CT molecular complexity index is 525. The van der Waals surface area contributed by atoms with E-state index in [1.165, 1.54) is 0 Å². The average Bonchev–Trinajstić information content (AvgIpc) is 2.33. The third-order valence-electron chi connectivity index (χ3n) is 2.53. The molecule has 2 aromatic rings. The second kappa shape index (κ2) is 5.40. The lowest BCUT2D eigenvalue weighted by molar-refractivity contribution is 0.871. The van der Waals surface area contributed by atoms with Crippen LogP contribution in [0.2, 0.25) is 10.0 Å². The minimum Gasteiger partial charge on any atom is -0.320 e. The second-order valence-corrected chi connectivity index (χ2v) is 5.43. The fraction of sp³-hybridized carbons (Fsp3) is 0.0769. The van der Waals surface area contributed by atoms with Crippen LogP contribution < -0.4 is 5.73 Å². The van der Waals surface area contributed by atoms with E-state index in [1.807, 2.05) is 30.3 Å². The first-order valence-electron chi connectivity index (χ1n) is 5.04. The maximum absolute atomic E-state index is 6.17. The van der Waals surface area contributed by atoms with Gasteiger partial charge in [0.15, 0.2) is 0 Å². The van der Waals surface area contributed by atoms with E-state index in [1.54, 1.807) is 12.1 Å². The van der Waals surface area contributed by atoms with E-state index >= 15 is 0 Å². The van der Waals surface area contributed by atoms with E-state index in [-0.39, 0.29) is 6.04 Å². The first kappa shape index (κ1) is 12.9. The predicted octanol–water partition coefficient (Wildman–Crippen LogP) is 4.80. The first-order chi connectivity index (χ1) is 8.08. The van der Waals surface area contributed by atoms with Crippen molar-refractivity contribution in [3.05, 3.63) is 68.1 Å². The van der Waals surface area contributed by atoms with E-state index in [0.717, 1.165) is 15.6 Å². The summed E-state index contributed by atoms with van der Waals surface area (Å²) in [7, 11) is 0. The molecule has 0 aliphatic carbocycles. The fourth-order valence-electron chi connectivity index (χ4n) is 1.57. The molecule has 0 saturated carbocycles. The minimum atomic E-state index is -0.196. The van der Waals surface area contributed by atoms with Crippen molar-refractivity contribution in [2.75, 3.05) is 0 Å². The van der Waals surface area contributed by atoms with Crippen LogP contribution in [0, 0.1) is 0 Å². The molecule has 2 rings (SSSR count). The van der Waals surface area contributed by atoms with Crippen LogP contribution in [0.1, 0.15) is 17.2 Å². The Morgan fingerprint density at radius 3 is 2.06 bits per heavy atom. The van der Waals surface area contributed by atoms with Gasteiger partial charge in [-0.2, -0.15) is 0 Å². The molecule has 0 spiro atoms. The SMILES string of the molecule is NC(c1ccc(Br)cc1)c1ccc(Cl)c(Cl)c1. The van der Waals surface area contributed by atoms with Crippen molar-refractivity contribution < 1.29 is 0 Å². The first-order valence-corrected chi connectivity index (χ1v) is 6.59. The van der Waals surface area contributed by atoms with Crippen LogP contribution in [-0.4, -0.2) is 0 Å². The highest BCUT2D eigenvalue weighted by atomic mass is 79.9. The summed E-state index contributed by atoms with van der Waals surface area (Å²) in [5, 5.41) is 1.06. The Hall–Kier alpha value is -0.540. The molecule has 4 heteroatoms. The fourth-order valence-corrected chi connectivity index (χ4v) is 2.14. The Labute approximate surface area is 119 Å². The summed E-state index contributed by atoms with van der Waals surface area (Å²) < 4.78 is 1.03. The average molecular weight is 331 g/mol. The number of hydrogen-bond donors (Lipinski definition) is 1. The van der Waals surface area contributed by atoms with Crippen LogP contribution in [0.25, 0.3) is 0 Å². The van der Waals surface area contributed by atoms with Gasteiger partial charge < -0.3 is 5.73 Å². The molecule has 2 aromatic carbocycles. The van der Waals surface area contributed by atoms with Crippen LogP contribution in [-0.2, 0) is 0 Å². The van der Waals surface area contributed by atoms with Crippen LogP contribution in [0.4, 0.5) is 0 Å². The van der Waals surface area contributed by atoms with Gasteiger partial charge in [0.25, 0.3) is 0 Å². The quantitative estimate of drug-likeness (QED) is 0.840. The van der Waals surface area contributed by atoms with Crippen molar-refractivity contribution in [1.82, 2.24) is 0 Å². The van der Waals surface area contributed by atoms with Gasteiger partial charge in [-0.15, -0.1) is 0 Å². The van der Waals surface area contributed by atoms with E-state index in [2.05, 4.69) is 15.9 Å². The summed E-state index contributed by atoms with van der Waals surface area (Å²) in [5.41, 5.74) is 8.15. The highest BCUT2D eigenvalue weighted by Gasteiger charge is 2.10. The zero-order chi connectivity index (χ0) is 12.4. The zero-order valence-corrected chi connectivity index (χ0v) is 11.9. The van der Waals surface area contributed by atoms with Gasteiger partial charge in [0, 0.05) is 4.47 Å². The predicted molar refractivity (Wildman–Crippen MR) is 76.6 cm³/mol. The Balaban J connectivity index is 2.33. The van der Waals surface area contributed by atoms with Gasteiger partial charge in [-0.1, -0.05) is 57.3 Å². The topological polar surface area (TPSA) is 26.0 Å². The van der Waals surface area contributed by atoms with Crippen LogP contribution >= 0.6 is 39.1 Å². The van der Waals surface area contributed by atoms with Gasteiger partial charge in [0.1, 0.15) is 0 Å². The standard InChI is InChI=1S/C13H10BrCl2N/c14-10-4-1-8(2-5-10)13(17)9-3-6-11(15)12(16)7-9/h1-7,13H,17H2.